The van der Waals surface area contributed by atoms with E-state index in [9.17, 15) is 0 Å². The Labute approximate surface area is 163 Å². The second-order valence-electron chi connectivity index (χ2n) is 5.76. The van der Waals surface area contributed by atoms with E-state index in [0.29, 0.717) is 24.8 Å². The van der Waals surface area contributed by atoms with Crippen molar-refractivity contribution in [1.82, 2.24) is 4.98 Å². The number of nitrogens with zero attached hydrogens (tertiary/aromatic N) is 2. The lowest BCUT2D eigenvalue weighted by Gasteiger charge is -2.13. The Morgan fingerprint density at radius 3 is 2.63 bits per heavy atom. The molecule has 0 radical (unpaired) electrons. The molecule has 0 aliphatic heterocycles. The summed E-state index contributed by atoms with van der Waals surface area (Å²) in [5, 5.41) is 6.84. The Morgan fingerprint density at radius 2 is 1.85 bits per heavy atom. The van der Waals surface area contributed by atoms with Crippen molar-refractivity contribution < 1.29 is 14.3 Å². The van der Waals surface area contributed by atoms with Gasteiger partial charge >= 0.3 is 0 Å². The zero-order valence-electron chi connectivity index (χ0n) is 15.6. The lowest BCUT2D eigenvalue weighted by Crippen LogP contribution is -2.10. The van der Waals surface area contributed by atoms with Crippen LogP contribution in [0, 0.1) is 6.92 Å². The third kappa shape index (κ3) is 4.65. The summed E-state index contributed by atoms with van der Waals surface area (Å²) in [5.41, 5.74) is 3.69. The van der Waals surface area contributed by atoms with E-state index in [1.165, 1.54) is 18.4 Å². The summed E-state index contributed by atoms with van der Waals surface area (Å²) in [6.45, 7) is 4.96. The molecule has 0 aliphatic rings. The highest BCUT2D eigenvalue weighted by molar-refractivity contribution is 7.12. The molecule has 0 spiro atoms. The first-order valence-corrected chi connectivity index (χ1v) is 9.57. The van der Waals surface area contributed by atoms with Gasteiger partial charge in [0.2, 0.25) is 5.88 Å². The van der Waals surface area contributed by atoms with Gasteiger partial charge in [-0.25, -0.2) is 0 Å². The maximum absolute atomic E-state index is 6.03. The van der Waals surface area contributed by atoms with E-state index >= 15 is 0 Å². The number of ether oxygens (including phenoxy) is 2. The normalized spacial score (nSPS) is 11.3. The number of aromatic nitrogens is 1. The van der Waals surface area contributed by atoms with Crippen LogP contribution in [0.4, 0.5) is 0 Å². The van der Waals surface area contributed by atoms with Gasteiger partial charge in [-0.3, -0.25) is 0 Å². The molecule has 0 unspecified atom stereocenters. The smallest absolute Gasteiger partial charge is 0.224 e. The van der Waals surface area contributed by atoms with Gasteiger partial charge in [0.05, 0.1) is 12.0 Å². The standard InChI is InChI=1S/C21H22N2O3S/c1-4-25-19-14-27-21(22-19)20(23-24-3)17-11-7-6-10-16(17)13-26-18-12-8-5-9-15(18)2/h5-12,14H,4,13H2,1-3H3. The Balaban J connectivity index is 1.89. The molecule has 3 aromatic rings. The van der Waals surface area contributed by atoms with E-state index in [1.807, 2.05) is 67.8 Å². The first-order chi connectivity index (χ1) is 13.2. The fourth-order valence-electron chi connectivity index (χ4n) is 2.63. The number of hydrogen-bond donors (Lipinski definition) is 0. The molecule has 6 heteroatoms. The van der Waals surface area contributed by atoms with Gasteiger partial charge in [0.15, 0.2) is 0 Å². The molecule has 27 heavy (non-hydrogen) atoms. The molecule has 0 saturated heterocycles. The van der Waals surface area contributed by atoms with Gasteiger partial charge in [-0.2, -0.15) is 4.98 Å². The third-order valence-electron chi connectivity index (χ3n) is 3.91. The lowest BCUT2D eigenvalue weighted by molar-refractivity contribution is 0.214. The molecule has 0 saturated carbocycles. The second kappa shape index (κ2) is 9.19. The third-order valence-corrected chi connectivity index (χ3v) is 4.74. The molecule has 3 rings (SSSR count). The summed E-state index contributed by atoms with van der Waals surface area (Å²) in [6.07, 6.45) is 0. The summed E-state index contributed by atoms with van der Waals surface area (Å²) in [6, 6.07) is 15.9. The summed E-state index contributed by atoms with van der Waals surface area (Å²) >= 11 is 1.47. The monoisotopic (exact) mass is 382 g/mol. The molecule has 2 aromatic carbocycles. The van der Waals surface area contributed by atoms with E-state index in [2.05, 4.69) is 10.1 Å². The van der Waals surface area contributed by atoms with Crippen LogP contribution in [-0.4, -0.2) is 24.4 Å². The molecule has 1 aromatic heterocycles. The van der Waals surface area contributed by atoms with Crippen LogP contribution in [0.25, 0.3) is 0 Å². The number of rotatable bonds is 8. The molecule has 5 nitrogen and oxygen atoms in total. The van der Waals surface area contributed by atoms with Crippen LogP contribution in [0.15, 0.2) is 59.1 Å². The van der Waals surface area contributed by atoms with Gasteiger partial charge in [-0.05, 0) is 31.0 Å². The van der Waals surface area contributed by atoms with Crippen molar-refractivity contribution in [1.29, 1.82) is 0 Å². The average Bonchev–Trinajstić information content (AvgIpc) is 3.14. The predicted octanol–water partition coefficient (Wildman–Crippen LogP) is 4.83. The first-order valence-electron chi connectivity index (χ1n) is 8.69. The fourth-order valence-corrected chi connectivity index (χ4v) is 3.36. The predicted molar refractivity (Wildman–Crippen MR) is 108 cm³/mol. The molecule has 1 heterocycles. The second-order valence-corrected chi connectivity index (χ2v) is 6.62. The minimum atomic E-state index is 0.424. The van der Waals surface area contributed by atoms with Gasteiger partial charge in [-0.1, -0.05) is 47.6 Å². The van der Waals surface area contributed by atoms with E-state index in [4.69, 9.17) is 14.3 Å². The fraction of sp³-hybridized carbons (Fsp3) is 0.238. The van der Waals surface area contributed by atoms with Crippen LogP contribution in [0.3, 0.4) is 0 Å². The number of para-hydroxylation sites is 1. The van der Waals surface area contributed by atoms with Gasteiger partial charge < -0.3 is 14.3 Å². The van der Waals surface area contributed by atoms with Crippen LogP contribution in [-0.2, 0) is 11.4 Å². The maximum Gasteiger partial charge on any atom is 0.224 e. The van der Waals surface area contributed by atoms with Crippen molar-refractivity contribution in [2.24, 2.45) is 5.16 Å². The Morgan fingerprint density at radius 1 is 1.07 bits per heavy atom. The molecule has 0 atom stereocenters. The highest BCUT2D eigenvalue weighted by atomic mass is 32.1. The van der Waals surface area contributed by atoms with Crippen molar-refractivity contribution in [2.75, 3.05) is 13.7 Å². The van der Waals surface area contributed by atoms with E-state index in [-0.39, 0.29) is 0 Å². The van der Waals surface area contributed by atoms with Crippen molar-refractivity contribution >= 4 is 17.0 Å². The number of aryl methyl sites for hydroxylation is 1. The molecule has 0 N–H and O–H groups in total. The number of benzene rings is 2. The van der Waals surface area contributed by atoms with Crippen molar-refractivity contribution in [3.63, 3.8) is 0 Å². The first kappa shape index (κ1) is 18.9. The summed E-state index contributed by atoms with van der Waals surface area (Å²) < 4.78 is 11.5. The topological polar surface area (TPSA) is 52.9 Å². The Kier molecular flexibility index (Phi) is 6.44. The van der Waals surface area contributed by atoms with Crippen molar-refractivity contribution in [3.8, 4) is 11.6 Å². The van der Waals surface area contributed by atoms with Gasteiger partial charge in [0, 0.05) is 5.56 Å². The van der Waals surface area contributed by atoms with Gasteiger partial charge in [0.25, 0.3) is 0 Å². The van der Waals surface area contributed by atoms with Crippen LogP contribution < -0.4 is 9.47 Å². The molecule has 0 bridgehead atoms. The van der Waals surface area contributed by atoms with Crippen LogP contribution >= 0.6 is 11.3 Å². The average molecular weight is 382 g/mol. The molecular weight excluding hydrogens is 360 g/mol. The van der Waals surface area contributed by atoms with Crippen LogP contribution in [0.5, 0.6) is 11.6 Å². The number of oxime groups is 1. The SMILES string of the molecule is CCOc1csc(C(=NOC)c2ccccc2COc2ccccc2C)n1. The molecule has 0 aliphatic carbocycles. The summed E-state index contributed by atoms with van der Waals surface area (Å²) in [5.74, 6) is 1.46. The van der Waals surface area contributed by atoms with Crippen LogP contribution in [0.2, 0.25) is 0 Å². The highest BCUT2D eigenvalue weighted by Gasteiger charge is 2.17. The van der Waals surface area contributed by atoms with Gasteiger partial charge in [-0.15, -0.1) is 11.3 Å². The number of hydrogen-bond acceptors (Lipinski definition) is 6. The minimum Gasteiger partial charge on any atom is -0.489 e. The Bertz CT molecular complexity index is 921. The molecule has 0 amide bonds. The lowest BCUT2D eigenvalue weighted by atomic mass is 10.0. The molecular formula is C21H22N2O3S. The highest BCUT2D eigenvalue weighted by Crippen LogP contribution is 2.24. The van der Waals surface area contributed by atoms with Gasteiger partial charge in [0.1, 0.15) is 30.2 Å². The largest absolute Gasteiger partial charge is 0.489 e. The van der Waals surface area contributed by atoms with Crippen LogP contribution in [0.1, 0.15) is 28.6 Å². The summed E-state index contributed by atoms with van der Waals surface area (Å²) in [4.78, 5) is 9.61. The zero-order chi connectivity index (χ0) is 19.1. The summed E-state index contributed by atoms with van der Waals surface area (Å²) in [7, 11) is 1.53. The maximum atomic E-state index is 6.03. The van der Waals surface area contributed by atoms with E-state index in [0.717, 1.165) is 27.4 Å². The Hall–Kier alpha value is -2.86. The zero-order valence-corrected chi connectivity index (χ0v) is 16.5. The van der Waals surface area contributed by atoms with E-state index in [1.54, 1.807) is 0 Å². The van der Waals surface area contributed by atoms with Crippen molar-refractivity contribution in [2.45, 2.75) is 20.5 Å². The number of thiazole rings is 1. The molecule has 0 fully saturated rings. The quantitative estimate of drug-likeness (QED) is 0.414. The van der Waals surface area contributed by atoms with E-state index < -0.39 is 0 Å². The minimum absolute atomic E-state index is 0.424. The van der Waals surface area contributed by atoms with Crippen molar-refractivity contribution in [3.05, 3.63) is 75.6 Å². The molecule has 140 valence electrons.